The number of aliphatic imine (C=N–C) groups is 1. The molecule has 0 radical (unpaired) electrons. The number of carbonyl (C=O) groups is 1. The van der Waals surface area contributed by atoms with Gasteiger partial charge in [-0.05, 0) is 48.9 Å². The highest BCUT2D eigenvalue weighted by Crippen LogP contribution is 2.32. The van der Waals surface area contributed by atoms with E-state index in [1.807, 2.05) is 48.5 Å². The van der Waals surface area contributed by atoms with E-state index in [9.17, 15) is 9.59 Å². The van der Waals surface area contributed by atoms with Gasteiger partial charge >= 0.3 is 6.09 Å². The first kappa shape index (κ1) is 19.7. The van der Waals surface area contributed by atoms with Gasteiger partial charge in [-0.15, -0.1) is 0 Å². The van der Waals surface area contributed by atoms with Crippen LogP contribution in [0.5, 0.6) is 0 Å². The van der Waals surface area contributed by atoms with Crippen molar-refractivity contribution in [1.82, 2.24) is 15.5 Å². The van der Waals surface area contributed by atoms with E-state index in [1.165, 1.54) is 0 Å². The maximum Gasteiger partial charge on any atom is 0.412 e. The zero-order valence-electron chi connectivity index (χ0n) is 17.3. The second kappa shape index (κ2) is 8.14. The van der Waals surface area contributed by atoms with Crippen molar-refractivity contribution in [1.29, 1.82) is 0 Å². The predicted octanol–water partition coefficient (Wildman–Crippen LogP) is 4.11. The van der Waals surface area contributed by atoms with Crippen molar-refractivity contribution >= 4 is 28.4 Å². The van der Waals surface area contributed by atoms with Crippen molar-refractivity contribution in [2.75, 3.05) is 6.61 Å². The van der Waals surface area contributed by atoms with Gasteiger partial charge in [0.2, 0.25) is 0 Å². The normalized spacial score (nSPS) is 12.5. The molecule has 2 aromatic heterocycles. The fraction of sp³-hybridized carbons (Fsp3) is 0.167. The third-order valence-corrected chi connectivity index (χ3v) is 5.28. The Balaban J connectivity index is 1.35. The SMILES string of the molecule is CCOC(=O)NC1=Nc2ccc(-c3ccc(Cc4n[nH]c(=O)c5ccccc45)o3)cc2C1. The van der Waals surface area contributed by atoms with Crippen molar-refractivity contribution in [2.24, 2.45) is 4.99 Å². The Hall–Kier alpha value is -4.20. The van der Waals surface area contributed by atoms with Crippen molar-refractivity contribution in [3.8, 4) is 11.3 Å². The minimum absolute atomic E-state index is 0.207. The molecular weight excluding hydrogens is 408 g/mol. The lowest BCUT2D eigenvalue weighted by Crippen LogP contribution is -2.31. The molecule has 0 saturated heterocycles. The van der Waals surface area contributed by atoms with Crippen LogP contribution in [0.4, 0.5) is 10.5 Å². The predicted molar refractivity (Wildman–Crippen MR) is 120 cm³/mol. The van der Waals surface area contributed by atoms with E-state index in [2.05, 4.69) is 20.5 Å². The molecule has 5 rings (SSSR count). The van der Waals surface area contributed by atoms with E-state index in [-0.39, 0.29) is 5.56 Å². The number of fused-ring (bicyclic) bond motifs is 2. The van der Waals surface area contributed by atoms with E-state index in [4.69, 9.17) is 9.15 Å². The van der Waals surface area contributed by atoms with Gasteiger partial charge in [0.25, 0.3) is 5.56 Å². The first-order chi connectivity index (χ1) is 15.6. The number of hydrogen-bond donors (Lipinski definition) is 2. The smallest absolute Gasteiger partial charge is 0.412 e. The second-order valence-corrected chi connectivity index (χ2v) is 7.41. The van der Waals surface area contributed by atoms with E-state index in [1.54, 1.807) is 13.0 Å². The summed E-state index contributed by atoms with van der Waals surface area (Å²) >= 11 is 0. The molecule has 0 aliphatic carbocycles. The van der Waals surface area contributed by atoms with Gasteiger partial charge in [-0.2, -0.15) is 5.10 Å². The Kier molecular flexibility index (Phi) is 5.03. The fourth-order valence-corrected chi connectivity index (χ4v) is 3.81. The Labute approximate surface area is 182 Å². The number of nitrogens with zero attached hydrogens (tertiary/aromatic N) is 2. The summed E-state index contributed by atoms with van der Waals surface area (Å²) in [5.41, 5.74) is 3.28. The zero-order valence-corrected chi connectivity index (χ0v) is 17.3. The molecule has 8 nitrogen and oxygen atoms in total. The third kappa shape index (κ3) is 3.78. The lowest BCUT2D eigenvalue weighted by Gasteiger charge is -2.04. The Morgan fingerprint density at radius 3 is 2.84 bits per heavy atom. The Morgan fingerprint density at radius 1 is 1.16 bits per heavy atom. The van der Waals surface area contributed by atoms with Crippen molar-refractivity contribution < 1.29 is 13.9 Å². The summed E-state index contributed by atoms with van der Waals surface area (Å²) in [6.45, 7) is 2.06. The summed E-state index contributed by atoms with van der Waals surface area (Å²) < 4.78 is 11.0. The van der Waals surface area contributed by atoms with Crippen molar-refractivity contribution in [2.45, 2.75) is 19.8 Å². The molecule has 1 aliphatic rings. The first-order valence-corrected chi connectivity index (χ1v) is 10.3. The molecule has 0 fully saturated rings. The summed E-state index contributed by atoms with van der Waals surface area (Å²) in [6, 6.07) is 17.1. The molecule has 0 spiro atoms. The van der Waals surface area contributed by atoms with Crippen LogP contribution in [0.15, 0.2) is 68.8 Å². The largest absolute Gasteiger partial charge is 0.461 e. The highest BCUT2D eigenvalue weighted by atomic mass is 16.5. The maximum absolute atomic E-state index is 12.0. The number of carbonyl (C=O) groups excluding carboxylic acids is 1. The summed E-state index contributed by atoms with van der Waals surface area (Å²) in [7, 11) is 0. The quantitative estimate of drug-likeness (QED) is 0.508. The van der Waals surface area contributed by atoms with Crippen LogP contribution in [-0.2, 0) is 17.6 Å². The number of ether oxygens (including phenoxy) is 1. The minimum Gasteiger partial charge on any atom is -0.461 e. The number of aromatic nitrogens is 2. The van der Waals surface area contributed by atoms with Crippen LogP contribution in [0.1, 0.15) is 23.9 Å². The molecule has 2 aromatic carbocycles. The van der Waals surface area contributed by atoms with Crippen LogP contribution in [0.25, 0.3) is 22.1 Å². The van der Waals surface area contributed by atoms with Gasteiger partial charge in [0.15, 0.2) is 0 Å². The Bertz CT molecular complexity index is 1420. The molecule has 1 aliphatic heterocycles. The molecular formula is C24H20N4O4. The number of alkyl carbamates (subject to hydrolysis) is 1. The van der Waals surface area contributed by atoms with E-state index >= 15 is 0 Å². The molecule has 3 heterocycles. The number of H-pyrrole nitrogens is 1. The monoisotopic (exact) mass is 428 g/mol. The lowest BCUT2D eigenvalue weighted by atomic mass is 10.1. The first-order valence-electron chi connectivity index (χ1n) is 10.3. The van der Waals surface area contributed by atoms with Crippen LogP contribution >= 0.6 is 0 Å². The van der Waals surface area contributed by atoms with Crippen LogP contribution in [0.2, 0.25) is 0 Å². The average Bonchev–Trinajstić information content (AvgIpc) is 3.42. The molecule has 2 N–H and O–H groups in total. The van der Waals surface area contributed by atoms with Gasteiger partial charge in [-0.25, -0.2) is 14.9 Å². The van der Waals surface area contributed by atoms with Gasteiger partial charge in [-0.1, -0.05) is 18.2 Å². The van der Waals surface area contributed by atoms with Gasteiger partial charge in [0.05, 0.1) is 29.8 Å². The molecule has 8 heteroatoms. The fourth-order valence-electron chi connectivity index (χ4n) is 3.81. The van der Waals surface area contributed by atoms with E-state index in [0.29, 0.717) is 30.7 Å². The molecule has 0 saturated carbocycles. The molecule has 32 heavy (non-hydrogen) atoms. The van der Waals surface area contributed by atoms with E-state index in [0.717, 1.165) is 39.4 Å². The molecule has 4 aromatic rings. The van der Waals surface area contributed by atoms with Crippen LogP contribution in [-0.4, -0.2) is 28.7 Å². The van der Waals surface area contributed by atoms with Gasteiger partial charge in [-0.3, -0.25) is 10.1 Å². The number of furan rings is 1. The number of amides is 1. The zero-order chi connectivity index (χ0) is 22.1. The van der Waals surface area contributed by atoms with Crippen LogP contribution in [0.3, 0.4) is 0 Å². The molecule has 1 amide bonds. The molecule has 160 valence electrons. The molecule has 0 atom stereocenters. The average molecular weight is 428 g/mol. The van der Waals surface area contributed by atoms with Crippen molar-refractivity contribution in [3.63, 3.8) is 0 Å². The number of rotatable bonds is 4. The number of hydrogen-bond acceptors (Lipinski definition) is 6. The topological polar surface area (TPSA) is 110 Å². The number of aromatic amines is 1. The summed E-state index contributed by atoms with van der Waals surface area (Å²) in [6.07, 6.45) is 0.472. The number of amidine groups is 1. The number of benzene rings is 2. The van der Waals surface area contributed by atoms with E-state index < -0.39 is 6.09 Å². The number of nitrogens with one attached hydrogen (secondary N) is 2. The minimum atomic E-state index is -0.502. The molecule has 0 unspecified atom stereocenters. The third-order valence-electron chi connectivity index (χ3n) is 5.28. The van der Waals surface area contributed by atoms with Crippen LogP contribution in [0, 0.1) is 0 Å². The summed E-state index contributed by atoms with van der Waals surface area (Å²) in [4.78, 5) is 28.1. The van der Waals surface area contributed by atoms with Gasteiger partial charge in [0, 0.05) is 17.4 Å². The molecule has 0 bridgehead atoms. The lowest BCUT2D eigenvalue weighted by molar-refractivity contribution is 0.157. The summed E-state index contributed by atoms with van der Waals surface area (Å²) in [5, 5.41) is 10.9. The second-order valence-electron chi connectivity index (χ2n) is 7.41. The highest BCUT2D eigenvalue weighted by Gasteiger charge is 2.18. The van der Waals surface area contributed by atoms with Crippen LogP contribution < -0.4 is 10.9 Å². The van der Waals surface area contributed by atoms with Gasteiger partial charge < -0.3 is 9.15 Å². The highest BCUT2D eigenvalue weighted by molar-refractivity contribution is 6.01. The van der Waals surface area contributed by atoms with Gasteiger partial charge in [0.1, 0.15) is 17.4 Å². The summed E-state index contributed by atoms with van der Waals surface area (Å²) in [5.74, 6) is 2.03. The Morgan fingerprint density at radius 2 is 2.00 bits per heavy atom. The maximum atomic E-state index is 12.0. The standard InChI is InChI=1S/C24H20N4O4/c1-2-31-24(30)26-22-12-15-11-14(7-9-19(15)25-22)21-10-8-16(32-21)13-20-17-5-3-4-6-18(17)23(29)28-27-20/h3-11H,2,12-13H2,1H3,(H,28,29)(H,25,26,30). The van der Waals surface area contributed by atoms with Crippen molar-refractivity contribution in [3.05, 3.63) is 82.0 Å².